The van der Waals surface area contributed by atoms with Crippen LogP contribution in [0.2, 0.25) is 0 Å². The third-order valence-corrected chi connectivity index (χ3v) is 2.74. The van der Waals surface area contributed by atoms with Crippen LogP contribution < -0.4 is 5.32 Å². The average Bonchev–Trinajstić information content (AvgIpc) is 2.34. The molecule has 0 aromatic carbocycles. The van der Waals surface area contributed by atoms with Crippen LogP contribution in [0.1, 0.15) is 33.1 Å². The van der Waals surface area contributed by atoms with Crippen LogP contribution in [0.3, 0.4) is 0 Å². The van der Waals surface area contributed by atoms with Gasteiger partial charge in [0.1, 0.15) is 0 Å². The summed E-state index contributed by atoms with van der Waals surface area (Å²) < 4.78 is 25.4. The second-order valence-corrected chi connectivity index (χ2v) is 3.84. The first-order valence-corrected chi connectivity index (χ1v) is 4.64. The summed E-state index contributed by atoms with van der Waals surface area (Å²) in [4.78, 5) is 0. The van der Waals surface area contributed by atoms with Gasteiger partial charge < -0.3 is 5.32 Å². The highest BCUT2D eigenvalue weighted by molar-refractivity contribution is 4.96. The van der Waals surface area contributed by atoms with Crippen molar-refractivity contribution in [3.8, 4) is 0 Å². The zero-order chi connectivity index (χ0) is 9.19. The molecule has 2 unspecified atom stereocenters. The second kappa shape index (κ2) is 3.69. The van der Waals surface area contributed by atoms with Crippen LogP contribution in [-0.4, -0.2) is 18.5 Å². The van der Waals surface area contributed by atoms with Crippen molar-refractivity contribution in [3.05, 3.63) is 0 Å². The van der Waals surface area contributed by atoms with Crippen molar-refractivity contribution in [3.63, 3.8) is 0 Å². The molecule has 0 spiro atoms. The van der Waals surface area contributed by atoms with Crippen LogP contribution in [0.25, 0.3) is 0 Å². The normalized spacial score (nSPS) is 36.2. The van der Waals surface area contributed by atoms with E-state index in [1.807, 2.05) is 13.8 Å². The molecule has 1 rings (SSSR count). The van der Waals surface area contributed by atoms with Gasteiger partial charge in [-0.3, -0.25) is 0 Å². The third kappa shape index (κ3) is 1.76. The highest BCUT2D eigenvalue weighted by atomic mass is 19.3. The molecule has 2 atom stereocenters. The number of alkyl halides is 2. The van der Waals surface area contributed by atoms with Gasteiger partial charge in [-0.1, -0.05) is 13.8 Å². The predicted molar refractivity (Wildman–Crippen MR) is 45.4 cm³/mol. The highest BCUT2D eigenvalue weighted by Crippen LogP contribution is 2.38. The zero-order valence-electron chi connectivity index (χ0n) is 7.74. The van der Waals surface area contributed by atoms with E-state index < -0.39 is 12.0 Å². The highest BCUT2D eigenvalue weighted by Gasteiger charge is 2.44. The molecular formula is C9H17F2N. The molecule has 1 aliphatic rings. The van der Waals surface area contributed by atoms with E-state index in [0.717, 1.165) is 6.42 Å². The van der Waals surface area contributed by atoms with Crippen molar-refractivity contribution in [1.82, 2.24) is 5.32 Å². The minimum absolute atomic E-state index is 0.443. The smallest absolute Gasteiger partial charge is 0.256 e. The van der Waals surface area contributed by atoms with Crippen molar-refractivity contribution in [2.45, 2.75) is 45.1 Å². The molecule has 0 heterocycles. The number of nitrogens with one attached hydrogen (secondary N) is 1. The SMILES string of the molecule is CCNC1(C(F)F)CCC(C)C1. The van der Waals surface area contributed by atoms with E-state index in [-0.39, 0.29) is 0 Å². The second-order valence-electron chi connectivity index (χ2n) is 3.84. The number of rotatable bonds is 3. The first-order chi connectivity index (χ1) is 5.60. The number of hydrogen-bond donors (Lipinski definition) is 1. The molecule has 1 N–H and O–H groups in total. The molecule has 0 aliphatic heterocycles. The fourth-order valence-corrected chi connectivity index (χ4v) is 2.12. The Kier molecular flexibility index (Phi) is 3.04. The predicted octanol–water partition coefficient (Wildman–Crippen LogP) is 2.42. The molecule has 0 saturated heterocycles. The molecule has 0 radical (unpaired) electrons. The molecular weight excluding hydrogens is 160 g/mol. The number of hydrogen-bond acceptors (Lipinski definition) is 1. The molecule has 1 aliphatic carbocycles. The zero-order valence-corrected chi connectivity index (χ0v) is 7.74. The molecule has 1 fully saturated rings. The van der Waals surface area contributed by atoms with Gasteiger partial charge in [0, 0.05) is 0 Å². The van der Waals surface area contributed by atoms with Crippen molar-refractivity contribution in [2.24, 2.45) is 5.92 Å². The molecule has 0 aromatic heterocycles. The van der Waals surface area contributed by atoms with Crippen molar-refractivity contribution >= 4 is 0 Å². The Morgan fingerprint density at radius 3 is 2.58 bits per heavy atom. The van der Waals surface area contributed by atoms with Crippen LogP contribution in [-0.2, 0) is 0 Å². The van der Waals surface area contributed by atoms with E-state index in [1.165, 1.54) is 0 Å². The van der Waals surface area contributed by atoms with E-state index in [4.69, 9.17) is 0 Å². The lowest BCUT2D eigenvalue weighted by atomic mass is 9.97. The van der Waals surface area contributed by atoms with E-state index in [0.29, 0.717) is 25.3 Å². The summed E-state index contributed by atoms with van der Waals surface area (Å²) in [5.74, 6) is 0.443. The van der Waals surface area contributed by atoms with Crippen molar-refractivity contribution in [1.29, 1.82) is 0 Å². The van der Waals surface area contributed by atoms with Gasteiger partial charge in [0.2, 0.25) is 0 Å². The summed E-state index contributed by atoms with van der Waals surface area (Å²) in [7, 11) is 0. The van der Waals surface area contributed by atoms with Crippen molar-refractivity contribution < 1.29 is 8.78 Å². The Labute approximate surface area is 72.5 Å². The summed E-state index contributed by atoms with van der Waals surface area (Å²) in [5, 5.41) is 2.94. The summed E-state index contributed by atoms with van der Waals surface area (Å²) in [6, 6.07) is 0. The molecule has 3 heteroatoms. The maximum atomic E-state index is 12.7. The van der Waals surface area contributed by atoms with Crippen LogP contribution in [0.15, 0.2) is 0 Å². The molecule has 1 nitrogen and oxygen atoms in total. The van der Waals surface area contributed by atoms with E-state index >= 15 is 0 Å². The van der Waals surface area contributed by atoms with Gasteiger partial charge in [-0.15, -0.1) is 0 Å². The van der Waals surface area contributed by atoms with E-state index in [9.17, 15) is 8.78 Å². The fraction of sp³-hybridized carbons (Fsp3) is 1.00. The molecule has 72 valence electrons. The summed E-state index contributed by atoms with van der Waals surface area (Å²) in [5.41, 5.74) is -0.867. The van der Waals surface area contributed by atoms with E-state index in [1.54, 1.807) is 0 Å². The molecule has 0 amide bonds. The van der Waals surface area contributed by atoms with Crippen LogP contribution >= 0.6 is 0 Å². The van der Waals surface area contributed by atoms with Crippen molar-refractivity contribution in [2.75, 3.05) is 6.54 Å². The Balaban J connectivity index is 2.61. The quantitative estimate of drug-likeness (QED) is 0.698. The molecule has 1 saturated carbocycles. The van der Waals surface area contributed by atoms with Gasteiger partial charge in [0.25, 0.3) is 6.43 Å². The van der Waals surface area contributed by atoms with Gasteiger partial charge in [-0.05, 0) is 31.7 Å². The van der Waals surface area contributed by atoms with E-state index in [2.05, 4.69) is 5.32 Å². The monoisotopic (exact) mass is 177 g/mol. The van der Waals surface area contributed by atoms with Gasteiger partial charge in [0.05, 0.1) is 5.54 Å². The van der Waals surface area contributed by atoms with Crippen LogP contribution in [0.4, 0.5) is 8.78 Å². The maximum absolute atomic E-state index is 12.7. The minimum atomic E-state index is -2.22. The maximum Gasteiger partial charge on any atom is 0.256 e. The largest absolute Gasteiger partial charge is 0.307 e. The fourth-order valence-electron chi connectivity index (χ4n) is 2.12. The van der Waals surface area contributed by atoms with Gasteiger partial charge in [-0.2, -0.15) is 0 Å². The van der Waals surface area contributed by atoms with Gasteiger partial charge in [-0.25, -0.2) is 8.78 Å². The Morgan fingerprint density at radius 1 is 1.58 bits per heavy atom. The van der Waals surface area contributed by atoms with Crippen LogP contribution in [0, 0.1) is 5.92 Å². The Bertz CT molecular complexity index is 145. The molecule has 0 aromatic rings. The van der Waals surface area contributed by atoms with Gasteiger partial charge >= 0.3 is 0 Å². The first-order valence-electron chi connectivity index (χ1n) is 4.64. The summed E-state index contributed by atoms with van der Waals surface area (Å²) >= 11 is 0. The number of halogens is 2. The minimum Gasteiger partial charge on any atom is -0.307 e. The Morgan fingerprint density at radius 2 is 2.25 bits per heavy atom. The summed E-state index contributed by atoms with van der Waals surface area (Å²) in [6.45, 7) is 4.56. The Hall–Kier alpha value is -0.180. The molecule has 12 heavy (non-hydrogen) atoms. The topological polar surface area (TPSA) is 12.0 Å². The lowest BCUT2D eigenvalue weighted by Gasteiger charge is -2.29. The van der Waals surface area contributed by atoms with Crippen LogP contribution in [0.5, 0.6) is 0 Å². The van der Waals surface area contributed by atoms with Gasteiger partial charge in [0.15, 0.2) is 0 Å². The third-order valence-electron chi connectivity index (χ3n) is 2.74. The lowest BCUT2D eigenvalue weighted by Crippen LogP contribution is -2.49. The average molecular weight is 177 g/mol. The molecule has 0 bridgehead atoms. The summed E-state index contributed by atoms with van der Waals surface area (Å²) in [6.07, 6.45) is -0.0439. The lowest BCUT2D eigenvalue weighted by molar-refractivity contribution is 0.0324. The first kappa shape index (κ1) is 9.90. The standard InChI is InChI=1S/C9H17F2N/c1-3-12-9(8(10)11)5-4-7(2)6-9/h7-8,12H,3-6H2,1-2H3.